The number of hydrogen-bond acceptors (Lipinski definition) is 3. The molecule has 0 aromatic heterocycles. The number of nitrogens with one attached hydrogen (secondary N) is 1. The normalized spacial score (nSPS) is 9.88. The molecule has 17 heavy (non-hydrogen) atoms. The van der Waals surface area contributed by atoms with E-state index in [0.717, 1.165) is 0 Å². The molecule has 2 aromatic rings. The summed E-state index contributed by atoms with van der Waals surface area (Å²) >= 11 is 0. The molecule has 0 atom stereocenters. The summed E-state index contributed by atoms with van der Waals surface area (Å²) < 4.78 is 0. The first kappa shape index (κ1) is 11.0. The number of anilines is 2. The van der Waals surface area contributed by atoms with Crippen molar-refractivity contribution in [1.82, 2.24) is 0 Å². The fourth-order valence-corrected chi connectivity index (χ4v) is 1.46. The number of rotatable bonds is 2. The standard InChI is InChI=1S/C13H12N2O2/c14-9-6-7-11(12(16)8-9)13(17)15-10-4-2-1-3-5-10/h1-8,16H,14H2,(H,15,17). The molecule has 86 valence electrons. The third-order valence-electron chi connectivity index (χ3n) is 2.30. The molecule has 0 aliphatic rings. The fourth-order valence-electron chi connectivity index (χ4n) is 1.46. The summed E-state index contributed by atoms with van der Waals surface area (Å²) in [4.78, 5) is 11.8. The van der Waals surface area contributed by atoms with Crippen molar-refractivity contribution in [3.63, 3.8) is 0 Å². The largest absolute Gasteiger partial charge is 0.507 e. The van der Waals surface area contributed by atoms with Crippen LogP contribution < -0.4 is 11.1 Å². The number of aromatic hydroxyl groups is 1. The minimum Gasteiger partial charge on any atom is -0.507 e. The Bertz CT molecular complexity index is 538. The zero-order chi connectivity index (χ0) is 12.3. The monoisotopic (exact) mass is 228 g/mol. The second-order valence-corrected chi connectivity index (χ2v) is 3.60. The average molecular weight is 228 g/mol. The van der Waals surface area contributed by atoms with Crippen LogP contribution in [0.15, 0.2) is 48.5 Å². The zero-order valence-electron chi connectivity index (χ0n) is 9.05. The Kier molecular flexibility index (Phi) is 2.96. The molecular formula is C13H12N2O2. The van der Waals surface area contributed by atoms with E-state index in [1.165, 1.54) is 12.1 Å². The average Bonchev–Trinajstić information content (AvgIpc) is 2.30. The van der Waals surface area contributed by atoms with Crippen LogP contribution in [0.4, 0.5) is 11.4 Å². The highest BCUT2D eigenvalue weighted by Gasteiger charge is 2.10. The number of nitrogens with two attached hydrogens (primary N) is 1. The summed E-state index contributed by atoms with van der Waals surface area (Å²) in [5.74, 6) is -0.493. The summed E-state index contributed by atoms with van der Waals surface area (Å²) in [6, 6.07) is 13.4. The Labute approximate surface area is 98.7 Å². The SMILES string of the molecule is Nc1ccc(C(=O)Nc2ccccc2)c(O)c1. The molecule has 0 unspecified atom stereocenters. The van der Waals surface area contributed by atoms with Crippen LogP contribution in [-0.4, -0.2) is 11.0 Å². The van der Waals surface area contributed by atoms with E-state index in [4.69, 9.17) is 5.73 Å². The maximum Gasteiger partial charge on any atom is 0.259 e. The first-order chi connectivity index (χ1) is 8.16. The van der Waals surface area contributed by atoms with E-state index in [2.05, 4.69) is 5.32 Å². The molecule has 0 saturated carbocycles. The van der Waals surface area contributed by atoms with E-state index < -0.39 is 0 Å². The van der Waals surface area contributed by atoms with E-state index in [1.807, 2.05) is 18.2 Å². The molecule has 4 N–H and O–H groups in total. The van der Waals surface area contributed by atoms with Gasteiger partial charge in [-0.15, -0.1) is 0 Å². The first-order valence-corrected chi connectivity index (χ1v) is 5.12. The van der Waals surface area contributed by atoms with E-state index >= 15 is 0 Å². The number of phenols is 1. The lowest BCUT2D eigenvalue weighted by Crippen LogP contribution is -2.12. The zero-order valence-corrected chi connectivity index (χ0v) is 9.05. The Hall–Kier alpha value is -2.49. The van der Waals surface area contributed by atoms with Crippen molar-refractivity contribution in [2.24, 2.45) is 0 Å². The molecular weight excluding hydrogens is 216 g/mol. The van der Waals surface area contributed by atoms with Crippen LogP contribution in [0.2, 0.25) is 0 Å². The van der Waals surface area contributed by atoms with Crippen LogP contribution in [0.1, 0.15) is 10.4 Å². The lowest BCUT2D eigenvalue weighted by molar-refractivity contribution is 0.102. The van der Waals surface area contributed by atoms with E-state index in [1.54, 1.807) is 18.2 Å². The van der Waals surface area contributed by atoms with Gasteiger partial charge in [-0.25, -0.2) is 0 Å². The van der Waals surface area contributed by atoms with Gasteiger partial charge in [0.1, 0.15) is 5.75 Å². The lowest BCUT2D eigenvalue weighted by atomic mass is 10.1. The molecule has 4 nitrogen and oxygen atoms in total. The number of amides is 1. The number of nitrogen functional groups attached to an aromatic ring is 1. The quantitative estimate of drug-likeness (QED) is 0.690. The molecule has 0 aliphatic heterocycles. The molecule has 0 saturated heterocycles. The maximum absolute atomic E-state index is 11.8. The molecule has 1 amide bonds. The van der Waals surface area contributed by atoms with Crippen LogP contribution in [-0.2, 0) is 0 Å². The molecule has 0 spiro atoms. The molecule has 0 bridgehead atoms. The summed E-state index contributed by atoms with van der Waals surface area (Å²) in [5.41, 5.74) is 6.78. The first-order valence-electron chi connectivity index (χ1n) is 5.12. The van der Waals surface area contributed by atoms with Gasteiger partial charge in [0.25, 0.3) is 5.91 Å². The van der Waals surface area contributed by atoms with Crippen molar-refractivity contribution in [3.05, 3.63) is 54.1 Å². The molecule has 0 aliphatic carbocycles. The lowest BCUT2D eigenvalue weighted by Gasteiger charge is -2.07. The highest BCUT2D eigenvalue weighted by atomic mass is 16.3. The van der Waals surface area contributed by atoms with Crippen LogP contribution in [0.25, 0.3) is 0 Å². The van der Waals surface area contributed by atoms with Gasteiger partial charge >= 0.3 is 0 Å². The van der Waals surface area contributed by atoms with E-state index in [-0.39, 0.29) is 17.2 Å². The fraction of sp³-hybridized carbons (Fsp3) is 0. The van der Waals surface area contributed by atoms with Crippen molar-refractivity contribution in [2.45, 2.75) is 0 Å². The van der Waals surface area contributed by atoms with E-state index in [9.17, 15) is 9.90 Å². The van der Waals surface area contributed by atoms with Gasteiger partial charge in [0.15, 0.2) is 0 Å². The summed E-state index contributed by atoms with van der Waals surface area (Å²) in [6.07, 6.45) is 0. The molecule has 2 rings (SSSR count). The third kappa shape index (κ3) is 2.55. The van der Waals surface area contributed by atoms with Gasteiger partial charge in [0.2, 0.25) is 0 Å². The predicted octanol–water partition coefficient (Wildman–Crippen LogP) is 2.23. The Morgan fingerprint density at radius 2 is 1.82 bits per heavy atom. The van der Waals surface area contributed by atoms with Gasteiger partial charge in [-0.2, -0.15) is 0 Å². The number of phenolic OH excluding ortho intramolecular Hbond substituents is 1. The summed E-state index contributed by atoms with van der Waals surface area (Å²) in [7, 11) is 0. The second kappa shape index (κ2) is 4.57. The minimum atomic E-state index is -0.367. The van der Waals surface area contributed by atoms with Gasteiger partial charge in [-0.1, -0.05) is 18.2 Å². The van der Waals surface area contributed by atoms with Crippen molar-refractivity contribution >= 4 is 17.3 Å². The van der Waals surface area contributed by atoms with Crippen LogP contribution >= 0.6 is 0 Å². The number of hydrogen-bond donors (Lipinski definition) is 3. The Balaban J connectivity index is 2.21. The smallest absolute Gasteiger partial charge is 0.259 e. The van der Waals surface area contributed by atoms with E-state index in [0.29, 0.717) is 11.4 Å². The molecule has 2 aromatic carbocycles. The van der Waals surface area contributed by atoms with Crippen molar-refractivity contribution in [1.29, 1.82) is 0 Å². The highest BCUT2D eigenvalue weighted by molar-refractivity contribution is 6.06. The van der Waals surface area contributed by atoms with Crippen LogP contribution in [0.5, 0.6) is 5.75 Å². The van der Waals surface area contributed by atoms with Gasteiger partial charge in [-0.3, -0.25) is 4.79 Å². The second-order valence-electron chi connectivity index (χ2n) is 3.60. The van der Waals surface area contributed by atoms with Crippen molar-refractivity contribution in [2.75, 3.05) is 11.1 Å². The van der Waals surface area contributed by atoms with Gasteiger partial charge in [-0.05, 0) is 24.3 Å². The number of carbonyl (C=O) groups is 1. The van der Waals surface area contributed by atoms with Crippen molar-refractivity contribution < 1.29 is 9.90 Å². The topological polar surface area (TPSA) is 75.4 Å². The van der Waals surface area contributed by atoms with Crippen LogP contribution in [0.3, 0.4) is 0 Å². The third-order valence-corrected chi connectivity index (χ3v) is 2.30. The van der Waals surface area contributed by atoms with Gasteiger partial charge < -0.3 is 16.2 Å². The number of benzene rings is 2. The maximum atomic E-state index is 11.8. The van der Waals surface area contributed by atoms with Crippen LogP contribution in [0, 0.1) is 0 Å². The van der Waals surface area contributed by atoms with Gasteiger partial charge in [0.05, 0.1) is 5.56 Å². The summed E-state index contributed by atoms with van der Waals surface area (Å²) in [5, 5.41) is 12.3. The Morgan fingerprint density at radius 1 is 1.12 bits per heavy atom. The number of carbonyl (C=O) groups excluding carboxylic acids is 1. The molecule has 4 heteroatoms. The highest BCUT2D eigenvalue weighted by Crippen LogP contribution is 2.21. The van der Waals surface area contributed by atoms with Crippen molar-refractivity contribution in [3.8, 4) is 5.75 Å². The Morgan fingerprint density at radius 3 is 2.47 bits per heavy atom. The number of para-hydroxylation sites is 1. The minimum absolute atomic E-state index is 0.126. The molecule has 0 radical (unpaired) electrons. The van der Waals surface area contributed by atoms with Gasteiger partial charge in [0, 0.05) is 17.4 Å². The predicted molar refractivity (Wildman–Crippen MR) is 66.9 cm³/mol. The summed E-state index contributed by atoms with van der Waals surface area (Å²) in [6.45, 7) is 0. The molecule has 0 heterocycles. The molecule has 0 fully saturated rings.